The lowest BCUT2D eigenvalue weighted by Crippen LogP contribution is -2.23. The summed E-state index contributed by atoms with van der Waals surface area (Å²) in [5.41, 5.74) is 3.48. The van der Waals surface area contributed by atoms with E-state index in [1.165, 1.54) is 0 Å². The predicted octanol–water partition coefficient (Wildman–Crippen LogP) is 5.54. The first-order valence-corrected chi connectivity index (χ1v) is 8.97. The largest absolute Gasteiger partial charge is 0.380 e. The Morgan fingerprint density at radius 3 is 1.88 bits per heavy atom. The number of benzene rings is 3. The summed E-state index contributed by atoms with van der Waals surface area (Å²) in [6.45, 7) is 1.06. The van der Waals surface area contributed by atoms with Gasteiger partial charge in [-0.1, -0.05) is 59.6 Å². The molecule has 0 saturated carbocycles. The maximum atomic E-state index is 12.6. The zero-order chi connectivity index (χ0) is 18.4. The molecule has 0 saturated heterocycles. The minimum absolute atomic E-state index is 0.126. The number of hydrogen-bond donors (Lipinski definition) is 2. The lowest BCUT2D eigenvalue weighted by Gasteiger charge is -2.12. The van der Waals surface area contributed by atoms with Crippen LogP contribution in [0.4, 0.5) is 5.69 Å². The van der Waals surface area contributed by atoms with Gasteiger partial charge in [0.25, 0.3) is 5.91 Å². The molecule has 1 amide bonds. The van der Waals surface area contributed by atoms with E-state index in [4.69, 9.17) is 23.2 Å². The van der Waals surface area contributed by atoms with Gasteiger partial charge in [-0.2, -0.15) is 0 Å². The van der Waals surface area contributed by atoms with Crippen molar-refractivity contribution in [2.75, 3.05) is 5.32 Å². The number of nitrogens with one attached hydrogen (secondary N) is 2. The van der Waals surface area contributed by atoms with Gasteiger partial charge in [0.2, 0.25) is 0 Å². The summed E-state index contributed by atoms with van der Waals surface area (Å²) >= 11 is 11.8. The van der Waals surface area contributed by atoms with E-state index >= 15 is 0 Å². The Labute approximate surface area is 163 Å². The van der Waals surface area contributed by atoms with Crippen LogP contribution in [0.1, 0.15) is 21.5 Å². The fraction of sp³-hybridized carbons (Fsp3) is 0.0952. The fourth-order valence-electron chi connectivity index (χ4n) is 2.51. The molecule has 3 aromatic carbocycles. The normalized spacial score (nSPS) is 10.4. The molecule has 0 unspecified atom stereocenters. The maximum absolute atomic E-state index is 12.6. The smallest absolute Gasteiger partial charge is 0.253 e. The summed E-state index contributed by atoms with van der Waals surface area (Å²) in [5, 5.41) is 7.64. The number of hydrogen-bond acceptors (Lipinski definition) is 2. The summed E-state index contributed by atoms with van der Waals surface area (Å²) in [6, 6.07) is 22.5. The Balaban J connectivity index is 1.64. The Kier molecular flexibility index (Phi) is 6.16. The summed E-state index contributed by atoms with van der Waals surface area (Å²) in [4.78, 5) is 12.6. The monoisotopic (exact) mass is 384 g/mol. The molecule has 0 heterocycles. The van der Waals surface area contributed by atoms with E-state index in [2.05, 4.69) is 10.6 Å². The van der Waals surface area contributed by atoms with Crippen molar-refractivity contribution in [3.63, 3.8) is 0 Å². The van der Waals surface area contributed by atoms with Crippen LogP contribution in [0.15, 0.2) is 72.8 Å². The van der Waals surface area contributed by atoms with E-state index in [0.29, 0.717) is 28.7 Å². The van der Waals surface area contributed by atoms with Crippen LogP contribution >= 0.6 is 23.2 Å². The summed E-state index contributed by atoms with van der Waals surface area (Å²) in [6.07, 6.45) is 0. The molecule has 3 aromatic rings. The quantitative estimate of drug-likeness (QED) is 0.585. The van der Waals surface area contributed by atoms with E-state index in [1.807, 2.05) is 66.7 Å². The second-order valence-corrected chi connectivity index (χ2v) is 6.71. The van der Waals surface area contributed by atoms with Crippen molar-refractivity contribution in [1.29, 1.82) is 0 Å². The second kappa shape index (κ2) is 8.75. The molecule has 3 rings (SSSR count). The lowest BCUT2D eigenvalue weighted by atomic mass is 10.1. The van der Waals surface area contributed by atoms with E-state index < -0.39 is 0 Å². The van der Waals surface area contributed by atoms with Gasteiger partial charge < -0.3 is 10.6 Å². The van der Waals surface area contributed by atoms with E-state index in [0.717, 1.165) is 16.8 Å². The molecule has 0 radical (unpaired) electrons. The van der Waals surface area contributed by atoms with Crippen LogP contribution < -0.4 is 10.6 Å². The van der Waals surface area contributed by atoms with E-state index in [9.17, 15) is 4.79 Å². The van der Waals surface area contributed by atoms with Crippen molar-refractivity contribution in [3.8, 4) is 0 Å². The molecule has 2 N–H and O–H groups in total. The van der Waals surface area contributed by atoms with Crippen molar-refractivity contribution < 1.29 is 4.79 Å². The van der Waals surface area contributed by atoms with Crippen LogP contribution in [-0.4, -0.2) is 5.91 Å². The minimum Gasteiger partial charge on any atom is -0.380 e. The maximum Gasteiger partial charge on any atom is 0.253 e. The van der Waals surface area contributed by atoms with Crippen molar-refractivity contribution >= 4 is 34.8 Å². The molecule has 0 bridgehead atoms. The van der Waals surface area contributed by atoms with Crippen LogP contribution in [0.5, 0.6) is 0 Å². The average Bonchev–Trinajstić information content (AvgIpc) is 2.67. The molecule has 0 aliphatic carbocycles. The molecule has 26 heavy (non-hydrogen) atoms. The highest BCUT2D eigenvalue weighted by molar-refractivity contribution is 6.30. The van der Waals surface area contributed by atoms with Gasteiger partial charge in [0, 0.05) is 28.8 Å². The molecule has 0 aromatic heterocycles. The van der Waals surface area contributed by atoms with Gasteiger partial charge >= 0.3 is 0 Å². The van der Waals surface area contributed by atoms with Crippen LogP contribution in [0.25, 0.3) is 0 Å². The topological polar surface area (TPSA) is 41.1 Å². The van der Waals surface area contributed by atoms with Gasteiger partial charge in [-0.05, 0) is 47.5 Å². The van der Waals surface area contributed by atoms with Crippen molar-refractivity contribution in [2.45, 2.75) is 13.1 Å². The van der Waals surface area contributed by atoms with Gasteiger partial charge in [0.05, 0.1) is 5.56 Å². The molecular formula is C21H18Cl2N2O. The number of para-hydroxylation sites is 1. The average molecular weight is 385 g/mol. The molecule has 5 heteroatoms. The van der Waals surface area contributed by atoms with Gasteiger partial charge in [-0.25, -0.2) is 0 Å². The number of rotatable bonds is 6. The van der Waals surface area contributed by atoms with E-state index in [1.54, 1.807) is 6.07 Å². The van der Waals surface area contributed by atoms with Gasteiger partial charge in [0.1, 0.15) is 0 Å². The fourth-order valence-corrected chi connectivity index (χ4v) is 2.77. The first-order valence-electron chi connectivity index (χ1n) is 8.22. The zero-order valence-electron chi connectivity index (χ0n) is 14.0. The van der Waals surface area contributed by atoms with Crippen LogP contribution in [0, 0.1) is 0 Å². The van der Waals surface area contributed by atoms with Gasteiger partial charge in [0.15, 0.2) is 0 Å². The predicted molar refractivity (Wildman–Crippen MR) is 108 cm³/mol. The molecule has 0 atom stereocenters. The summed E-state index contributed by atoms with van der Waals surface area (Å²) < 4.78 is 0. The third-order valence-electron chi connectivity index (χ3n) is 3.93. The Morgan fingerprint density at radius 1 is 0.731 bits per heavy atom. The van der Waals surface area contributed by atoms with Crippen LogP contribution in [0.2, 0.25) is 10.0 Å². The van der Waals surface area contributed by atoms with Crippen molar-refractivity contribution in [3.05, 3.63) is 99.5 Å². The molecular weight excluding hydrogens is 367 g/mol. The molecule has 3 nitrogen and oxygen atoms in total. The number of amides is 1. The summed E-state index contributed by atoms with van der Waals surface area (Å²) in [5.74, 6) is -0.126. The number of halogens is 2. The van der Waals surface area contributed by atoms with Crippen molar-refractivity contribution in [2.24, 2.45) is 0 Å². The number of carbonyl (C=O) groups excluding carboxylic acids is 1. The minimum atomic E-state index is -0.126. The third-order valence-corrected chi connectivity index (χ3v) is 4.44. The van der Waals surface area contributed by atoms with Crippen molar-refractivity contribution in [1.82, 2.24) is 5.32 Å². The molecule has 0 aliphatic rings. The zero-order valence-corrected chi connectivity index (χ0v) is 15.5. The SMILES string of the molecule is O=C(NCc1ccc(Cl)cc1)c1ccccc1NCc1ccc(Cl)cc1. The standard InChI is InChI=1S/C21H18Cl2N2O/c22-17-9-5-15(6-10-17)13-24-20-4-2-1-3-19(20)21(26)25-14-16-7-11-18(23)12-8-16/h1-12,24H,13-14H2,(H,25,26). The lowest BCUT2D eigenvalue weighted by molar-refractivity contribution is 0.0951. The number of carbonyl (C=O) groups is 1. The summed E-state index contributed by atoms with van der Waals surface area (Å²) in [7, 11) is 0. The Morgan fingerprint density at radius 2 is 1.27 bits per heavy atom. The van der Waals surface area contributed by atoms with E-state index in [-0.39, 0.29) is 5.91 Å². The molecule has 132 valence electrons. The van der Waals surface area contributed by atoms with Gasteiger partial charge in [-0.15, -0.1) is 0 Å². The molecule has 0 spiro atoms. The first-order chi connectivity index (χ1) is 12.6. The highest BCUT2D eigenvalue weighted by Gasteiger charge is 2.10. The van der Waals surface area contributed by atoms with Gasteiger partial charge in [-0.3, -0.25) is 4.79 Å². The number of anilines is 1. The highest BCUT2D eigenvalue weighted by Crippen LogP contribution is 2.17. The molecule has 0 fully saturated rings. The van der Waals surface area contributed by atoms with Crippen LogP contribution in [-0.2, 0) is 13.1 Å². The first kappa shape index (κ1) is 18.3. The Bertz CT molecular complexity index is 877. The second-order valence-electron chi connectivity index (χ2n) is 5.83. The Hall–Kier alpha value is -2.49. The third kappa shape index (κ3) is 5.01. The molecule has 0 aliphatic heterocycles. The highest BCUT2D eigenvalue weighted by atomic mass is 35.5. The van der Waals surface area contributed by atoms with Crippen LogP contribution in [0.3, 0.4) is 0 Å².